The maximum absolute atomic E-state index is 12.6. The highest BCUT2D eigenvalue weighted by Gasteiger charge is 2.46. The molecular formula is C18H20N2O3. The van der Waals surface area contributed by atoms with Crippen LogP contribution in [0.5, 0.6) is 0 Å². The number of para-hydroxylation sites is 1. The van der Waals surface area contributed by atoms with E-state index in [9.17, 15) is 14.7 Å². The Morgan fingerprint density at radius 1 is 1.17 bits per heavy atom. The number of carbonyl (C=O) groups excluding carboxylic acids is 1. The molecule has 0 atom stereocenters. The minimum absolute atomic E-state index is 0.317. The van der Waals surface area contributed by atoms with Gasteiger partial charge in [-0.25, -0.2) is 4.79 Å². The van der Waals surface area contributed by atoms with E-state index < -0.39 is 11.5 Å². The largest absolute Gasteiger partial charge is 0.480 e. The van der Waals surface area contributed by atoms with E-state index in [2.05, 4.69) is 5.32 Å². The molecule has 1 saturated carbocycles. The van der Waals surface area contributed by atoms with Crippen LogP contribution in [0.25, 0.3) is 5.69 Å². The van der Waals surface area contributed by atoms with Crippen molar-refractivity contribution >= 4 is 11.9 Å². The fraction of sp³-hybridized carbons (Fsp3) is 0.333. The maximum Gasteiger partial charge on any atom is 0.329 e. The third kappa shape index (κ3) is 2.52. The van der Waals surface area contributed by atoms with Crippen LogP contribution in [-0.4, -0.2) is 27.1 Å². The number of benzene rings is 1. The zero-order valence-electron chi connectivity index (χ0n) is 13.3. The maximum atomic E-state index is 12.6. The quantitative estimate of drug-likeness (QED) is 0.912. The van der Waals surface area contributed by atoms with Crippen molar-refractivity contribution < 1.29 is 14.7 Å². The van der Waals surface area contributed by atoms with Crippen LogP contribution in [0.4, 0.5) is 0 Å². The van der Waals surface area contributed by atoms with Crippen LogP contribution in [0.15, 0.2) is 36.4 Å². The van der Waals surface area contributed by atoms with Crippen LogP contribution < -0.4 is 5.32 Å². The zero-order chi connectivity index (χ0) is 16.6. The van der Waals surface area contributed by atoms with Gasteiger partial charge in [-0.1, -0.05) is 18.2 Å². The van der Waals surface area contributed by atoms with E-state index in [1.165, 1.54) is 0 Å². The smallest absolute Gasteiger partial charge is 0.329 e. The van der Waals surface area contributed by atoms with Gasteiger partial charge in [0.2, 0.25) is 0 Å². The van der Waals surface area contributed by atoms with Gasteiger partial charge in [-0.05, 0) is 51.3 Å². The fourth-order valence-corrected chi connectivity index (χ4v) is 3.17. The Balaban J connectivity index is 1.92. The number of nitrogens with one attached hydrogen (secondary N) is 1. The van der Waals surface area contributed by atoms with Crippen LogP contribution in [0, 0.1) is 13.8 Å². The molecule has 1 heterocycles. The average Bonchev–Trinajstić information content (AvgIpc) is 2.78. The highest BCUT2D eigenvalue weighted by Crippen LogP contribution is 2.33. The molecule has 0 bridgehead atoms. The second kappa shape index (κ2) is 5.57. The van der Waals surface area contributed by atoms with Gasteiger partial charge in [0.05, 0.1) is 5.56 Å². The summed E-state index contributed by atoms with van der Waals surface area (Å²) in [4.78, 5) is 24.0. The first-order chi connectivity index (χ1) is 10.9. The Morgan fingerprint density at radius 2 is 1.83 bits per heavy atom. The number of nitrogens with zero attached hydrogens (tertiary/aromatic N) is 1. The number of carboxylic acid groups (broad SMARTS) is 1. The Hall–Kier alpha value is -2.56. The number of amides is 1. The number of aliphatic carboxylic acids is 1. The molecule has 5 heteroatoms. The van der Waals surface area contributed by atoms with Crippen LogP contribution in [0.1, 0.15) is 41.0 Å². The van der Waals surface area contributed by atoms with Crippen molar-refractivity contribution in [3.8, 4) is 5.69 Å². The first-order valence-electron chi connectivity index (χ1n) is 7.75. The standard InChI is InChI=1S/C18H20N2O3/c1-12-11-15(13(2)20(12)14-7-4-3-5-8-14)16(21)19-18(17(22)23)9-6-10-18/h3-5,7-8,11H,6,9-10H2,1-2H3,(H,19,21)(H,22,23). The minimum atomic E-state index is -1.09. The summed E-state index contributed by atoms with van der Waals surface area (Å²) < 4.78 is 2.00. The van der Waals surface area contributed by atoms with Crippen LogP contribution >= 0.6 is 0 Å². The first kappa shape index (κ1) is 15.3. The number of rotatable bonds is 4. The minimum Gasteiger partial charge on any atom is -0.480 e. The number of aromatic nitrogens is 1. The molecule has 120 valence electrons. The van der Waals surface area contributed by atoms with Crippen LogP contribution in [0.2, 0.25) is 0 Å². The van der Waals surface area contributed by atoms with Gasteiger partial charge in [0, 0.05) is 17.1 Å². The summed E-state index contributed by atoms with van der Waals surface area (Å²) in [7, 11) is 0. The molecule has 23 heavy (non-hydrogen) atoms. The molecule has 0 spiro atoms. The Bertz CT molecular complexity index is 758. The Kier molecular flexibility index (Phi) is 3.72. The second-order valence-corrected chi connectivity index (χ2v) is 6.15. The molecule has 0 saturated heterocycles. The predicted molar refractivity (Wildman–Crippen MR) is 86.9 cm³/mol. The van der Waals surface area contributed by atoms with Crippen molar-refractivity contribution in [2.45, 2.75) is 38.6 Å². The van der Waals surface area contributed by atoms with E-state index in [1.807, 2.05) is 54.8 Å². The molecule has 5 nitrogen and oxygen atoms in total. The van der Waals surface area contributed by atoms with Crippen LogP contribution in [-0.2, 0) is 4.79 Å². The van der Waals surface area contributed by atoms with Gasteiger partial charge in [0.25, 0.3) is 5.91 Å². The monoisotopic (exact) mass is 312 g/mol. The molecular weight excluding hydrogens is 292 g/mol. The van der Waals surface area contributed by atoms with E-state index in [-0.39, 0.29) is 5.91 Å². The SMILES string of the molecule is Cc1cc(C(=O)NC2(C(=O)O)CCC2)c(C)n1-c1ccccc1. The van der Waals surface area contributed by atoms with Crippen molar-refractivity contribution in [1.29, 1.82) is 0 Å². The summed E-state index contributed by atoms with van der Waals surface area (Å²) in [6, 6.07) is 11.6. The van der Waals surface area contributed by atoms with E-state index in [0.717, 1.165) is 23.5 Å². The van der Waals surface area contributed by atoms with Gasteiger partial charge in [-0.2, -0.15) is 0 Å². The number of carbonyl (C=O) groups is 2. The topological polar surface area (TPSA) is 71.3 Å². The number of hydrogen-bond donors (Lipinski definition) is 2. The Labute approximate surface area is 134 Å². The summed E-state index contributed by atoms with van der Waals surface area (Å²) >= 11 is 0. The van der Waals surface area contributed by atoms with Crippen molar-refractivity contribution in [2.24, 2.45) is 0 Å². The molecule has 1 amide bonds. The van der Waals surface area contributed by atoms with Gasteiger partial charge >= 0.3 is 5.97 Å². The Morgan fingerprint density at radius 3 is 2.35 bits per heavy atom. The summed E-state index contributed by atoms with van der Waals surface area (Å²) in [6.45, 7) is 3.82. The summed E-state index contributed by atoms with van der Waals surface area (Å²) in [5.41, 5.74) is 2.17. The lowest BCUT2D eigenvalue weighted by Crippen LogP contribution is -2.59. The molecule has 2 aromatic rings. The molecule has 1 fully saturated rings. The van der Waals surface area contributed by atoms with E-state index >= 15 is 0 Å². The third-order valence-electron chi connectivity index (χ3n) is 4.66. The summed E-state index contributed by atoms with van der Waals surface area (Å²) in [5.74, 6) is -1.27. The number of carboxylic acids is 1. The zero-order valence-corrected chi connectivity index (χ0v) is 13.3. The van der Waals surface area contributed by atoms with Crippen LogP contribution in [0.3, 0.4) is 0 Å². The molecule has 1 aromatic carbocycles. The van der Waals surface area contributed by atoms with Gasteiger partial charge in [0.1, 0.15) is 5.54 Å². The van der Waals surface area contributed by atoms with Crippen molar-refractivity contribution in [3.63, 3.8) is 0 Å². The molecule has 2 N–H and O–H groups in total. The van der Waals surface area contributed by atoms with E-state index in [4.69, 9.17) is 0 Å². The molecule has 3 rings (SSSR count). The van der Waals surface area contributed by atoms with Crippen molar-refractivity contribution in [1.82, 2.24) is 9.88 Å². The first-order valence-corrected chi connectivity index (χ1v) is 7.75. The van der Waals surface area contributed by atoms with Gasteiger partial charge in [-0.15, -0.1) is 0 Å². The van der Waals surface area contributed by atoms with E-state index in [1.54, 1.807) is 0 Å². The van der Waals surface area contributed by atoms with Crippen molar-refractivity contribution in [3.05, 3.63) is 53.3 Å². The number of aryl methyl sites for hydroxylation is 1. The number of hydrogen-bond acceptors (Lipinski definition) is 2. The lowest BCUT2D eigenvalue weighted by molar-refractivity contribution is -0.148. The molecule has 0 unspecified atom stereocenters. The van der Waals surface area contributed by atoms with Gasteiger partial charge in [-0.3, -0.25) is 4.79 Å². The highest BCUT2D eigenvalue weighted by molar-refractivity contribution is 5.99. The molecule has 0 aliphatic heterocycles. The fourth-order valence-electron chi connectivity index (χ4n) is 3.17. The highest BCUT2D eigenvalue weighted by atomic mass is 16.4. The molecule has 0 radical (unpaired) electrons. The summed E-state index contributed by atoms with van der Waals surface area (Å²) in [6.07, 6.45) is 1.81. The predicted octanol–water partition coefficient (Wildman–Crippen LogP) is 2.83. The molecule has 1 aliphatic rings. The lowest BCUT2D eigenvalue weighted by Gasteiger charge is -2.38. The molecule has 1 aliphatic carbocycles. The lowest BCUT2D eigenvalue weighted by atomic mass is 9.76. The average molecular weight is 312 g/mol. The normalized spacial score (nSPS) is 15.7. The third-order valence-corrected chi connectivity index (χ3v) is 4.66. The van der Waals surface area contributed by atoms with Gasteiger partial charge < -0.3 is 15.0 Å². The summed E-state index contributed by atoms with van der Waals surface area (Å²) in [5, 5.41) is 12.1. The van der Waals surface area contributed by atoms with Crippen molar-refractivity contribution in [2.75, 3.05) is 0 Å². The second-order valence-electron chi connectivity index (χ2n) is 6.15. The van der Waals surface area contributed by atoms with E-state index in [0.29, 0.717) is 18.4 Å². The molecule has 1 aromatic heterocycles. The van der Waals surface area contributed by atoms with Gasteiger partial charge in [0.15, 0.2) is 0 Å².